The van der Waals surface area contributed by atoms with Crippen LogP contribution in [-0.4, -0.2) is 29.5 Å². The monoisotopic (exact) mass is 384 g/mol. The lowest BCUT2D eigenvalue weighted by Crippen LogP contribution is -2.48. The molecule has 2 amide bonds. The zero-order valence-corrected chi connectivity index (χ0v) is 14.8. The second-order valence-corrected chi connectivity index (χ2v) is 7.23. The standard InChI is InChI=1S/C15H17BrN2O3S/c1-3-21-14(19)12-8(2)18(10-4-5-10)15(20)17-13(12)11-6-9(16)7-22-11/h6-7,10,13H,3-5H2,1-2H3,(H,17,20)/t13-/m0/s1. The van der Waals surface area contributed by atoms with E-state index in [4.69, 9.17) is 4.74 Å². The lowest BCUT2D eigenvalue weighted by atomic mass is 10.0. The molecule has 7 heteroatoms. The number of allylic oxidation sites excluding steroid dienone is 1. The summed E-state index contributed by atoms with van der Waals surface area (Å²) in [6.07, 6.45) is 1.96. The molecule has 2 heterocycles. The number of ether oxygens (including phenoxy) is 1. The van der Waals surface area contributed by atoms with Gasteiger partial charge in [-0.05, 0) is 48.7 Å². The molecule has 1 aliphatic carbocycles. The topological polar surface area (TPSA) is 58.6 Å². The number of nitrogens with zero attached hydrogens (tertiary/aromatic N) is 1. The van der Waals surface area contributed by atoms with Crippen molar-refractivity contribution in [3.63, 3.8) is 0 Å². The van der Waals surface area contributed by atoms with Crippen molar-refractivity contribution in [2.24, 2.45) is 0 Å². The van der Waals surface area contributed by atoms with Crippen LogP contribution in [0.1, 0.15) is 37.6 Å². The van der Waals surface area contributed by atoms with Gasteiger partial charge >= 0.3 is 12.0 Å². The van der Waals surface area contributed by atoms with Gasteiger partial charge in [-0.3, -0.25) is 4.90 Å². The average molecular weight is 385 g/mol. The minimum Gasteiger partial charge on any atom is -0.463 e. The van der Waals surface area contributed by atoms with Crippen molar-refractivity contribution in [3.05, 3.63) is 32.1 Å². The minimum atomic E-state index is -0.446. The van der Waals surface area contributed by atoms with Crippen LogP contribution in [0.2, 0.25) is 0 Å². The predicted octanol–water partition coefficient (Wildman–Crippen LogP) is 3.58. The number of amides is 2. The van der Waals surface area contributed by atoms with Crippen molar-refractivity contribution < 1.29 is 14.3 Å². The Morgan fingerprint density at radius 2 is 2.27 bits per heavy atom. The maximum atomic E-state index is 12.4. The predicted molar refractivity (Wildman–Crippen MR) is 87.5 cm³/mol. The number of esters is 1. The molecular formula is C15H17BrN2O3S. The highest BCUT2D eigenvalue weighted by Crippen LogP contribution is 2.39. The highest BCUT2D eigenvalue weighted by molar-refractivity contribution is 9.10. The third-order valence-electron chi connectivity index (χ3n) is 3.81. The van der Waals surface area contributed by atoms with Crippen LogP contribution in [0, 0.1) is 0 Å². The molecule has 0 spiro atoms. The van der Waals surface area contributed by atoms with Crippen molar-refractivity contribution in [1.29, 1.82) is 0 Å². The third kappa shape index (κ3) is 2.79. The number of hydrogen-bond acceptors (Lipinski definition) is 4. The number of rotatable bonds is 4. The Kier molecular flexibility index (Phi) is 4.27. The van der Waals surface area contributed by atoms with Gasteiger partial charge in [-0.1, -0.05) is 0 Å². The highest BCUT2D eigenvalue weighted by atomic mass is 79.9. The molecule has 22 heavy (non-hydrogen) atoms. The molecule has 1 saturated carbocycles. The number of urea groups is 1. The lowest BCUT2D eigenvalue weighted by Gasteiger charge is -2.35. The Bertz CT molecular complexity index is 651. The summed E-state index contributed by atoms with van der Waals surface area (Å²) >= 11 is 4.92. The molecule has 0 saturated heterocycles. The molecule has 118 valence electrons. The van der Waals surface area contributed by atoms with Crippen molar-refractivity contribution in [2.45, 2.75) is 38.8 Å². The van der Waals surface area contributed by atoms with Crippen LogP contribution >= 0.6 is 27.3 Å². The summed E-state index contributed by atoms with van der Waals surface area (Å²) in [6.45, 7) is 3.93. The van der Waals surface area contributed by atoms with E-state index in [1.54, 1.807) is 11.8 Å². The van der Waals surface area contributed by atoms with Gasteiger partial charge in [0, 0.05) is 26.5 Å². The van der Waals surface area contributed by atoms with Crippen LogP contribution < -0.4 is 5.32 Å². The minimum absolute atomic E-state index is 0.137. The van der Waals surface area contributed by atoms with Gasteiger partial charge in [0.25, 0.3) is 0 Å². The Hall–Kier alpha value is -1.34. The molecule has 0 aromatic carbocycles. The van der Waals surface area contributed by atoms with Crippen molar-refractivity contribution in [3.8, 4) is 0 Å². The maximum absolute atomic E-state index is 12.4. The fourth-order valence-corrected chi connectivity index (χ4v) is 4.20. The van der Waals surface area contributed by atoms with Crippen molar-refractivity contribution in [2.75, 3.05) is 6.61 Å². The van der Waals surface area contributed by atoms with Gasteiger partial charge in [-0.15, -0.1) is 11.3 Å². The molecule has 5 nitrogen and oxygen atoms in total. The highest BCUT2D eigenvalue weighted by Gasteiger charge is 2.42. The first-order valence-corrected chi connectivity index (χ1v) is 8.91. The van der Waals surface area contributed by atoms with E-state index < -0.39 is 6.04 Å². The zero-order chi connectivity index (χ0) is 15.9. The largest absolute Gasteiger partial charge is 0.463 e. The number of hydrogen-bond donors (Lipinski definition) is 1. The van der Waals surface area contributed by atoms with Crippen LogP contribution in [0.4, 0.5) is 4.79 Å². The molecule has 0 radical (unpaired) electrons. The molecule has 1 aliphatic heterocycles. The second kappa shape index (κ2) is 6.04. The second-order valence-electron chi connectivity index (χ2n) is 5.37. The lowest BCUT2D eigenvalue weighted by molar-refractivity contribution is -0.139. The smallest absolute Gasteiger partial charge is 0.338 e. The summed E-state index contributed by atoms with van der Waals surface area (Å²) < 4.78 is 6.15. The number of halogens is 1. The zero-order valence-electron chi connectivity index (χ0n) is 12.4. The van der Waals surface area contributed by atoms with Crippen LogP contribution in [0.15, 0.2) is 27.2 Å². The van der Waals surface area contributed by atoms with E-state index in [1.165, 1.54) is 11.3 Å². The van der Waals surface area contributed by atoms with E-state index in [0.29, 0.717) is 17.9 Å². The molecule has 0 unspecified atom stereocenters. The Labute approximate surface area is 141 Å². The van der Waals surface area contributed by atoms with Crippen LogP contribution in [-0.2, 0) is 9.53 Å². The van der Waals surface area contributed by atoms with Gasteiger partial charge in [0.1, 0.15) is 0 Å². The molecule has 1 atom stereocenters. The van der Waals surface area contributed by atoms with Crippen LogP contribution in [0.25, 0.3) is 0 Å². The van der Waals surface area contributed by atoms with Gasteiger partial charge < -0.3 is 10.1 Å². The molecule has 0 bridgehead atoms. The van der Waals surface area contributed by atoms with Gasteiger partial charge in [-0.25, -0.2) is 9.59 Å². The van der Waals surface area contributed by atoms with Crippen LogP contribution in [0.5, 0.6) is 0 Å². The fourth-order valence-electron chi connectivity index (χ4n) is 2.70. The molecule has 1 fully saturated rings. The quantitative estimate of drug-likeness (QED) is 0.807. The van der Waals surface area contributed by atoms with Crippen molar-refractivity contribution >= 4 is 39.3 Å². The molecule has 1 N–H and O–H groups in total. The summed E-state index contributed by atoms with van der Waals surface area (Å²) in [5, 5.41) is 4.89. The maximum Gasteiger partial charge on any atom is 0.338 e. The summed E-state index contributed by atoms with van der Waals surface area (Å²) in [5.74, 6) is -0.361. The van der Waals surface area contributed by atoms with Gasteiger partial charge in [0.2, 0.25) is 0 Å². The summed E-state index contributed by atoms with van der Waals surface area (Å²) in [4.78, 5) is 27.5. The van der Waals surface area contributed by atoms with E-state index in [9.17, 15) is 9.59 Å². The van der Waals surface area contributed by atoms with Gasteiger partial charge in [0.15, 0.2) is 0 Å². The molecule has 1 aromatic rings. The van der Waals surface area contributed by atoms with Crippen LogP contribution in [0.3, 0.4) is 0 Å². The van der Waals surface area contributed by atoms with E-state index >= 15 is 0 Å². The number of thiophene rings is 1. The molecule has 1 aromatic heterocycles. The molecular weight excluding hydrogens is 368 g/mol. The molecule has 2 aliphatic rings. The van der Waals surface area contributed by atoms with E-state index in [-0.39, 0.29) is 18.0 Å². The first kappa shape index (κ1) is 15.6. The number of nitrogens with one attached hydrogen (secondary N) is 1. The SMILES string of the molecule is CCOC(=O)C1=C(C)N(C2CC2)C(=O)N[C@H]1c1cc(Br)cs1. The first-order chi connectivity index (χ1) is 10.5. The van der Waals surface area contributed by atoms with Gasteiger partial charge in [-0.2, -0.15) is 0 Å². The summed E-state index contributed by atoms with van der Waals surface area (Å²) in [6, 6.07) is 1.55. The van der Waals surface area contributed by atoms with E-state index in [2.05, 4.69) is 21.2 Å². The Balaban J connectivity index is 2.04. The first-order valence-electron chi connectivity index (χ1n) is 7.24. The number of carbonyl (C=O) groups excluding carboxylic acids is 2. The Morgan fingerprint density at radius 3 is 2.82 bits per heavy atom. The normalized spacial score (nSPS) is 21.9. The van der Waals surface area contributed by atoms with Crippen molar-refractivity contribution in [1.82, 2.24) is 10.2 Å². The molecule has 3 rings (SSSR count). The van der Waals surface area contributed by atoms with E-state index in [1.807, 2.05) is 18.4 Å². The third-order valence-corrected chi connectivity index (χ3v) is 5.56. The summed E-state index contributed by atoms with van der Waals surface area (Å²) in [5.41, 5.74) is 1.24. The summed E-state index contributed by atoms with van der Waals surface area (Å²) in [7, 11) is 0. The van der Waals surface area contributed by atoms with E-state index in [0.717, 1.165) is 22.2 Å². The van der Waals surface area contributed by atoms with Gasteiger partial charge in [0.05, 0.1) is 18.2 Å². The fraction of sp³-hybridized carbons (Fsp3) is 0.467. The average Bonchev–Trinajstić information content (AvgIpc) is 3.19. The Morgan fingerprint density at radius 1 is 1.55 bits per heavy atom. The number of carbonyl (C=O) groups is 2.